The van der Waals surface area contributed by atoms with Crippen LogP contribution in [0.1, 0.15) is 18.2 Å². The molecule has 0 saturated carbocycles. The van der Waals surface area contributed by atoms with E-state index in [0.29, 0.717) is 0 Å². The molecule has 1 aliphatic rings. The SMILES string of the molecule is C=Cc1cn([C@@H]2CC(O)[C@@H](CO)O2)c(=O)[nH]c1=O. The summed E-state index contributed by atoms with van der Waals surface area (Å²) in [5.41, 5.74) is -0.912. The predicted octanol–water partition coefficient (Wildman–Crippen LogP) is -1.18. The van der Waals surface area contributed by atoms with Gasteiger partial charge in [0, 0.05) is 12.6 Å². The van der Waals surface area contributed by atoms with Gasteiger partial charge in [-0.1, -0.05) is 12.7 Å². The van der Waals surface area contributed by atoms with Gasteiger partial charge in [-0.2, -0.15) is 0 Å². The van der Waals surface area contributed by atoms with Crippen LogP contribution in [0.4, 0.5) is 0 Å². The van der Waals surface area contributed by atoms with Crippen molar-refractivity contribution in [2.75, 3.05) is 6.61 Å². The molecule has 3 N–H and O–H groups in total. The van der Waals surface area contributed by atoms with Crippen LogP contribution in [0, 0.1) is 0 Å². The fraction of sp³-hybridized carbons (Fsp3) is 0.455. The second kappa shape index (κ2) is 4.89. The molecule has 0 aromatic carbocycles. The van der Waals surface area contributed by atoms with Gasteiger partial charge in [-0.3, -0.25) is 14.3 Å². The monoisotopic (exact) mass is 254 g/mol. The van der Waals surface area contributed by atoms with Gasteiger partial charge in [-0.05, 0) is 0 Å². The van der Waals surface area contributed by atoms with Crippen molar-refractivity contribution in [3.05, 3.63) is 39.2 Å². The third kappa shape index (κ3) is 2.15. The van der Waals surface area contributed by atoms with Crippen LogP contribution in [0.2, 0.25) is 0 Å². The van der Waals surface area contributed by atoms with Crippen molar-refractivity contribution in [1.29, 1.82) is 0 Å². The molecular formula is C11H14N2O5. The van der Waals surface area contributed by atoms with E-state index in [1.165, 1.54) is 16.8 Å². The van der Waals surface area contributed by atoms with Crippen LogP contribution in [-0.4, -0.2) is 38.6 Å². The van der Waals surface area contributed by atoms with Crippen LogP contribution in [0.25, 0.3) is 6.08 Å². The number of nitrogens with zero attached hydrogens (tertiary/aromatic N) is 1. The van der Waals surface area contributed by atoms with E-state index in [1.54, 1.807) is 0 Å². The third-order valence-electron chi connectivity index (χ3n) is 2.91. The molecule has 1 fully saturated rings. The van der Waals surface area contributed by atoms with Crippen LogP contribution >= 0.6 is 0 Å². The second-order valence-corrected chi connectivity index (χ2v) is 4.07. The van der Waals surface area contributed by atoms with Gasteiger partial charge in [-0.25, -0.2) is 4.79 Å². The second-order valence-electron chi connectivity index (χ2n) is 4.07. The lowest BCUT2D eigenvalue weighted by Crippen LogP contribution is -2.33. The molecule has 1 saturated heterocycles. The van der Waals surface area contributed by atoms with E-state index in [1.807, 2.05) is 0 Å². The first-order valence-corrected chi connectivity index (χ1v) is 5.49. The Kier molecular flexibility index (Phi) is 3.46. The minimum absolute atomic E-state index is 0.174. The van der Waals surface area contributed by atoms with Crippen molar-refractivity contribution in [2.24, 2.45) is 0 Å². The largest absolute Gasteiger partial charge is 0.394 e. The van der Waals surface area contributed by atoms with Crippen LogP contribution in [0.3, 0.4) is 0 Å². The number of aromatic nitrogens is 2. The predicted molar refractivity (Wildman–Crippen MR) is 63.0 cm³/mol. The fourth-order valence-corrected chi connectivity index (χ4v) is 1.91. The van der Waals surface area contributed by atoms with Crippen molar-refractivity contribution in [3.63, 3.8) is 0 Å². The standard InChI is InChI=1S/C11H14N2O5/c1-2-6-4-13(11(17)12-10(6)16)9-3-7(15)8(5-14)18-9/h2,4,7-9,14-15H,1,3,5H2,(H,12,16,17)/t7?,8-,9+/m1/s1. The summed E-state index contributed by atoms with van der Waals surface area (Å²) < 4.78 is 6.51. The van der Waals surface area contributed by atoms with Crippen molar-refractivity contribution in [3.8, 4) is 0 Å². The Balaban J connectivity index is 2.38. The molecule has 0 radical (unpaired) electrons. The number of hydrogen-bond acceptors (Lipinski definition) is 5. The Morgan fingerprint density at radius 2 is 2.33 bits per heavy atom. The Morgan fingerprint density at radius 1 is 1.61 bits per heavy atom. The molecule has 98 valence electrons. The Hall–Kier alpha value is -1.70. The highest BCUT2D eigenvalue weighted by Gasteiger charge is 2.34. The van der Waals surface area contributed by atoms with Gasteiger partial charge >= 0.3 is 5.69 Å². The summed E-state index contributed by atoms with van der Waals surface area (Å²) in [4.78, 5) is 25.1. The summed E-state index contributed by atoms with van der Waals surface area (Å²) in [6, 6.07) is 0. The summed E-state index contributed by atoms with van der Waals surface area (Å²) in [5, 5.41) is 18.6. The van der Waals surface area contributed by atoms with Crippen molar-refractivity contribution in [1.82, 2.24) is 9.55 Å². The molecule has 0 amide bonds. The quantitative estimate of drug-likeness (QED) is 0.630. The van der Waals surface area contributed by atoms with Crippen molar-refractivity contribution in [2.45, 2.75) is 24.9 Å². The average Bonchev–Trinajstić information content (AvgIpc) is 2.70. The Labute approximate surface area is 102 Å². The Morgan fingerprint density at radius 3 is 2.89 bits per heavy atom. The zero-order valence-corrected chi connectivity index (χ0v) is 9.57. The summed E-state index contributed by atoms with van der Waals surface area (Å²) in [6.07, 6.45) is 0.551. The first-order valence-electron chi connectivity index (χ1n) is 5.49. The van der Waals surface area contributed by atoms with Crippen LogP contribution in [0.5, 0.6) is 0 Å². The molecule has 0 bridgehead atoms. The van der Waals surface area contributed by atoms with Gasteiger partial charge in [0.2, 0.25) is 0 Å². The van der Waals surface area contributed by atoms with Crippen molar-refractivity contribution >= 4 is 6.08 Å². The smallest absolute Gasteiger partial charge is 0.330 e. The first-order chi connectivity index (χ1) is 8.56. The van der Waals surface area contributed by atoms with Gasteiger partial charge in [0.1, 0.15) is 12.3 Å². The maximum absolute atomic E-state index is 11.6. The molecule has 2 heterocycles. The zero-order chi connectivity index (χ0) is 13.3. The Bertz CT molecular complexity index is 561. The molecule has 0 spiro atoms. The van der Waals surface area contributed by atoms with Gasteiger partial charge in [-0.15, -0.1) is 0 Å². The third-order valence-corrected chi connectivity index (χ3v) is 2.91. The van der Waals surface area contributed by atoms with Crippen LogP contribution in [0.15, 0.2) is 22.4 Å². The van der Waals surface area contributed by atoms with Gasteiger partial charge < -0.3 is 14.9 Å². The van der Waals surface area contributed by atoms with E-state index in [4.69, 9.17) is 9.84 Å². The molecular weight excluding hydrogens is 240 g/mol. The number of H-pyrrole nitrogens is 1. The number of aliphatic hydroxyl groups excluding tert-OH is 2. The number of nitrogens with one attached hydrogen (secondary N) is 1. The molecule has 1 aliphatic heterocycles. The van der Waals surface area contributed by atoms with Crippen molar-refractivity contribution < 1.29 is 14.9 Å². The number of rotatable bonds is 3. The maximum Gasteiger partial charge on any atom is 0.330 e. The minimum atomic E-state index is -0.842. The highest BCUT2D eigenvalue weighted by atomic mass is 16.5. The molecule has 18 heavy (non-hydrogen) atoms. The number of aromatic amines is 1. The maximum atomic E-state index is 11.6. The van der Waals surface area contributed by atoms with Gasteiger partial charge in [0.25, 0.3) is 5.56 Å². The lowest BCUT2D eigenvalue weighted by atomic mass is 10.2. The molecule has 7 nitrogen and oxygen atoms in total. The van der Waals surface area contributed by atoms with E-state index in [-0.39, 0.29) is 18.6 Å². The van der Waals surface area contributed by atoms with E-state index >= 15 is 0 Å². The van der Waals surface area contributed by atoms with E-state index in [9.17, 15) is 14.7 Å². The highest BCUT2D eigenvalue weighted by molar-refractivity contribution is 5.43. The summed E-state index contributed by atoms with van der Waals surface area (Å²) >= 11 is 0. The van der Waals surface area contributed by atoms with Gasteiger partial charge in [0.05, 0.1) is 18.3 Å². The molecule has 1 unspecified atom stereocenters. The lowest BCUT2D eigenvalue weighted by Gasteiger charge is -2.14. The zero-order valence-electron chi connectivity index (χ0n) is 9.57. The number of aliphatic hydroxyl groups is 2. The van der Waals surface area contributed by atoms with Crippen LogP contribution < -0.4 is 11.2 Å². The van der Waals surface area contributed by atoms with E-state index < -0.39 is 29.7 Å². The average molecular weight is 254 g/mol. The summed E-state index contributed by atoms with van der Waals surface area (Å²) in [5.74, 6) is 0. The molecule has 2 rings (SSSR count). The van der Waals surface area contributed by atoms with Gasteiger partial charge in [0.15, 0.2) is 0 Å². The normalized spacial score (nSPS) is 27.3. The fourth-order valence-electron chi connectivity index (χ4n) is 1.91. The first kappa shape index (κ1) is 12.7. The molecule has 3 atom stereocenters. The molecule has 0 aliphatic carbocycles. The highest BCUT2D eigenvalue weighted by Crippen LogP contribution is 2.27. The minimum Gasteiger partial charge on any atom is -0.394 e. The number of hydrogen-bond donors (Lipinski definition) is 3. The van der Waals surface area contributed by atoms with E-state index in [0.717, 1.165) is 0 Å². The summed E-state index contributed by atoms with van der Waals surface area (Å²) in [6.45, 7) is 3.14. The lowest BCUT2D eigenvalue weighted by molar-refractivity contribution is -0.0459. The van der Waals surface area contributed by atoms with E-state index in [2.05, 4.69) is 11.6 Å². The van der Waals surface area contributed by atoms with Crippen LogP contribution in [-0.2, 0) is 4.74 Å². The molecule has 1 aromatic heterocycles. The molecule has 7 heteroatoms. The topological polar surface area (TPSA) is 105 Å². The summed E-state index contributed by atoms with van der Waals surface area (Å²) in [7, 11) is 0. The number of ether oxygens (including phenoxy) is 1. The molecule has 1 aromatic rings.